The van der Waals surface area contributed by atoms with Crippen molar-refractivity contribution < 1.29 is 13.2 Å². The number of thioether (sulfide) groups is 1. The molecule has 1 heterocycles. The van der Waals surface area contributed by atoms with E-state index in [0.29, 0.717) is 40.7 Å². The van der Waals surface area contributed by atoms with Gasteiger partial charge < -0.3 is 4.74 Å². The second kappa shape index (κ2) is 8.98. The van der Waals surface area contributed by atoms with E-state index in [2.05, 4.69) is 4.98 Å². The zero-order chi connectivity index (χ0) is 21.0. The molecule has 3 aromatic rings. The van der Waals surface area contributed by atoms with E-state index in [1.807, 2.05) is 25.1 Å². The Kier molecular flexibility index (Phi) is 6.61. The number of nitrogens with zero attached hydrogens (tertiary/aromatic N) is 3. The van der Waals surface area contributed by atoms with Crippen LogP contribution in [-0.2, 0) is 16.6 Å². The van der Waals surface area contributed by atoms with Gasteiger partial charge in [-0.3, -0.25) is 9.36 Å². The number of hydrogen-bond acceptors (Lipinski definition) is 6. The fraction of sp³-hybridized carbons (Fsp3) is 0.300. The predicted molar refractivity (Wildman–Crippen MR) is 115 cm³/mol. The molecular formula is C20H23N3O4S2. The first-order chi connectivity index (χ1) is 13.8. The molecule has 29 heavy (non-hydrogen) atoms. The summed E-state index contributed by atoms with van der Waals surface area (Å²) in [5.41, 5.74) is 0.641. The monoisotopic (exact) mass is 433 g/mol. The van der Waals surface area contributed by atoms with E-state index in [-0.39, 0.29) is 10.5 Å². The molecule has 2 aromatic carbocycles. The van der Waals surface area contributed by atoms with Gasteiger partial charge in [0.05, 0.1) is 22.4 Å². The number of ether oxygens (including phenoxy) is 1. The van der Waals surface area contributed by atoms with E-state index in [9.17, 15) is 13.2 Å². The SMILES string of the molecule is CCn1c(SCCOc2ccc(S(=O)(=O)N(C)C)cc2)nc2ccccc2c1=O. The molecule has 0 aliphatic rings. The fourth-order valence-corrected chi connectivity index (χ4v) is 4.53. The lowest BCUT2D eigenvalue weighted by Gasteiger charge is -2.13. The summed E-state index contributed by atoms with van der Waals surface area (Å²) in [7, 11) is -0.464. The van der Waals surface area contributed by atoms with Crippen LogP contribution in [0.4, 0.5) is 0 Å². The minimum Gasteiger partial charge on any atom is -0.493 e. The van der Waals surface area contributed by atoms with Gasteiger partial charge in [-0.1, -0.05) is 23.9 Å². The number of aromatic nitrogens is 2. The van der Waals surface area contributed by atoms with Crippen molar-refractivity contribution >= 4 is 32.7 Å². The number of sulfonamides is 1. The summed E-state index contributed by atoms with van der Waals surface area (Å²) in [6.07, 6.45) is 0. The van der Waals surface area contributed by atoms with Crippen molar-refractivity contribution in [3.63, 3.8) is 0 Å². The van der Waals surface area contributed by atoms with Crippen molar-refractivity contribution in [2.45, 2.75) is 23.5 Å². The minimum absolute atomic E-state index is 0.0424. The molecule has 0 bridgehead atoms. The van der Waals surface area contributed by atoms with Crippen LogP contribution in [0.25, 0.3) is 10.9 Å². The maximum Gasteiger partial charge on any atom is 0.262 e. The predicted octanol–water partition coefficient (Wildman–Crippen LogP) is 2.84. The van der Waals surface area contributed by atoms with Crippen molar-refractivity contribution in [2.24, 2.45) is 0 Å². The molecule has 0 aliphatic heterocycles. The summed E-state index contributed by atoms with van der Waals surface area (Å²) in [5.74, 6) is 1.19. The molecule has 0 unspecified atom stereocenters. The second-order valence-corrected chi connectivity index (χ2v) is 9.63. The molecule has 3 rings (SSSR count). The third kappa shape index (κ3) is 4.63. The Balaban J connectivity index is 1.64. The van der Waals surface area contributed by atoms with Crippen LogP contribution in [0.2, 0.25) is 0 Å². The number of benzene rings is 2. The van der Waals surface area contributed by atoms with E-state index in [1.165, 1.54) is 42.3 Å². The van der Waals surface area contributed by atoms with Crippen LogP contribution in [0.5, 0.6) is 5.75 Å². The topological polar surface area (TPSA) is 81.5 Å². The Morgan fingerprint density at radius 1 is 1.10 bits per heavy atom. The van der Waals surface area contributed by atoms with E-state index in [0.717, 1.165) is 0 Å². The standard InChI is InChI=1S/C20H23N3O4S2/c1-4-23-19(24)17-7-5-6-8-18(17)21-20(23)28-14-13-27-15-9-11-16(12-10-15)29(25,26)22(2)3/h5-12H,4,13-14H2,1-3H3. The van der Waals surface area contributed by atoms with Gasteiger partial charge in [-0.2, -0.15) is 0 Å². The molecule has 0 radical (unpaired) electrons. The zero-order valence-electron chi connectivity index (χ0n) is 16.5. The smallest absolute Gasteiger partial charge is 0.262 e. The third-order valence-electron chi connectivity index (χ3n) is 4.33. The molecule has 1 aromatic heterocycles. The number of hydrogen-bond donors (Lipinski definition) is 0. The number of fused-ring (bicyclic) bond motifs is 1. The van der Waals surface area contributed by atoms with Gasteiger partial charge in [0, 0.05) is 26.4 Å². The van der Waals surface area contributed by atoms with Crippen molar-refractivity contribution in [2.75, 3.05) is 26.5 Å². The Morgan fingerprint density at radius 3 is 2.45 bits per heavy atom. The third-order valence-corrected chi connectivity index (χ3v) is 7.10. The van der Waals surface area contributed by atoms with Crippen LogP contribution in [-0.4, -0.2) is 48.7 Å². The van der Waals surface area contributed by atoms with Crippen LogP contribution in [0, 0.1) is 0 Å². The molecule has 0 N–H and O–H groups in total. The van der Waals surface area contributed by atoms with Gasteiger partial charge in [-0.05, 0) is 43.3 Å². The minimum atomic E-state index is -3.45. The molecular weight excluding hydrogens is 410 g/mol. The maximum atomic E-state index is 12.6. The molecule has 0 spiro atoms. The Bertz CT molecular complexity index is 1160. The second-order valence-electron chi connectivity index (χ2n) is 6.42. The first-order valence-corrected chi connectivity index (χ1v) is 11.5. The normalized spacial score (nSPS) is 11.9. The lowest BCUT2D eigenvalue weighted by atomic mass is 10.2. The highest BCUT2D eigenvalue weighted by Crippen LogP contribution is 2.20. The first kappa shape index (κ1) is 21.4. The van der Waals surface area contributed by atoms with Gasteiger partial charge in [0.25, 0.3) is 5.56 Å². The fourth-order valence-electron chi connectivity index (χ4n) is 2.75. The molecule has 7 nitrogen and oxygen atoms in total. The number of rotatable bonds is 8. The van der Waals surface area contributed by atoms with E-state index < -0.39 is 10.0 Å². The van der Waals surface area contributed by atoms with Crippen molar-refractivity contribution in [3.8, 4) is 5.75 Å². The molecule has 0 atom stereocenters. The zero-order valence-corrected chi connectivity index (χ0v) is 18.2. The van der Waals surface area contributed by atoms with E-state index in [4.69, 9.17) is 4.74 Å². The first-order valence-electron chi connectivity index (χ1n) is 9.12. The van der Waals surface area contributed by atoms with Crippen molar-refractivity contribution in [1.82, 2.24) is 13.9 Å². The molecule has 0 saturated carbocycles. The largest absolute Gasteiger partial charge is 0.493 e. The molecule has 0 fully saturated rings. The van der Waals surface area contributed by atoms with Crippen LogP contribution < -0.4 is 10.3 Å². The van der Waals surface area contributed by atoms with Gasteiger partial charge in [0.1, 0.15) is 5.75 Å². The summed E-state index contributed by atoms with van der Waals surface area (Å²) < 4.78 is 32.7. The summed E-state index contributed by atoms with van der Waals surface area (Å²) in [5, 5.41) is 1.27. The Hall–Kier alpha value is -2.36. The summed E-state index contributed by atoms with van der Waals surface area (Å²) in [6.45, 7) is 2.86. The van der Waals surface area contributed by atoms with E-state index >= 15 is 0 Å². The lowest BCUT2D eigenvalue weighted by Crippen LogP contribution is -2.22. The number of para-hydroxylation sites is 1. The summed E-state index contributed by atoms with van der Waals surface area (Å²) >= 11 is 1.46. The summed E-state index contributed by atoms with van der Waals surface area (Å²) in [4.78, 5) is 17.4. The van der Waals surface area contributed by atoms with E-state index in [1.54, 1.807) is 22.8 Å². The average molecular weight is 434 g/mol. The van der Waals surface area contributed by atoms with Gasteiger partial charge in [0.2, 0.25) is 10.0 Å². The van der Waals surface area contributed by atoms with Crippen LogP contribution >= 0.6 is 11.8 Å². The van der Waals surface area contributed by atoms with Gasteiger partial charge in [0.15, 0.2) is 5.16 Å². The highest BCUT2D eigenvalue weighted by atomic mass is 32.2. The molecule has 0 amide bonds. The summed E-state index contributed by atoms with van der Waals surface area (Å²) in [6, 6.07) is 13.6. The quantitative estimate of drug-likeness (QED) is 0.309. The molecule has 0 saturated heterocycles. The van der Waals surface area contributed by atoms with Crippen LogP contribution in [0.1, 0.15) is 6.92 Å². The molecule has 0 aliphatic carbocycles. The Labute approximate surface area is 174 Å². The van der Waals surface area contributed by atoms with Crippen LogP contribution in [0.15, 0.2) is 63.4 Å². The highest BCUT2D eigenvalue weighted by Gasteiger charge is 2.16. The van der Waals surface area contributed by atoms with Crippen molar-refractivity contribution in [3.05, 3.63) is 58.9 Å². The van der Waals surface area contributed by atoms with Gasteiger partial charge >= 0.3 is 0 Å². The molecule has 9 heteroatoms. The van der Waals surface area contributed by atoms with Gasteiger partial charge in [-0.25, -0.2) is 17.7 Å². The van der Waals surface area contributed by atoms with Crippen LogP contribution in [0.3, 0.4) is 0 Å². The van der Waals surface area contributed by atoms with Gasteiger partial charge in [-0.15, -0.1) is 0 Å². The average Bonchev–Trinajstić information content (AvgIpc) is 2.71. The Morgan fingerprint density at radius 2 is 1.79 bits per heavy atom. The van der Waals surface area contributed by atoms with Crippen molar-refractivity contribution in [1.29, 1.82) is 0 Å². The highest BCUT2D eigenvalue weighted by molar-refractivity contribution is 7.99. The maximum absolute atomic E-state index is 12.6. The molecule has 154 valence electrons. The lowest BCUT2D eigenvalue weighted by molar-refractivity contribution is 0.343.